The fraction of sp³-hybridized carbons (Fsp3) is 0.367. The van der Waals surface area contributed by atoms with Crippen molar-refractivity contribution >= 4 is 35.0 Å². The van der Waals surface area contributed by atoms with Crippen molar-refractivity contribution in [3.63, 3.8) is 0 Å². The number of carbonyl (C=O) groups excluding carboxylic acids is 2. The number of halogens is 1. The third-order valence-electron chi connectivity index (χ3n) is 6.23. The predicted molar refractivity (Wildman–Crippen MR) is 154 cm³/mol. The molecule has 1 aromatic heterocycles. The topological polar surface area (TPSA) is 102 Å². The second kappa shape index (κ2) is 13.1. The average molecular weight is 551 g/mol. The number of para-hydroxylation sites is 2. The number of anilines is 2. The number of nitrogens with one attached hydrogen (secondary N) is 3. The number of rotatable bonds is 8. The maximum atomic E-state index is 12.9. The summed E-state index contributed by atoms with van der Waals surface area (Å²) in [5.74, 6) is 0.330. The summed E-state index contributed by atoms with van der Waals surface area (Å²) in [4.78, 5) is 29.7. The number of hydrogen-bond acceptors (Lipinski definition) is 6. The Kier molecular flexibility index (Phi) is 9.56. The zero-order valence-corrected chi connectivity index (χ0v) is 23.3. The first-order chi connectivity index (χ1) is 18.7. The van der Waals surface area contributed by atoms with E-state index in [1.54, 1.807) is 57.2 Å². The largest absolute Gasteiger partial charge is 0.444 e. The van der Waals surface area contributed by atoms with Crippen molar-refractivity contribution in [1.29, 1.82) is 0 Å². The minimum absolute atomic E-state index is 0.315. The molecular weight excluding hydrogens is 516 g/mol. The van der Waals surface area contributed by atoms with Gasteiger partial charge in [0.25, 0.3) is 5.91 Å². The number of pyridine rings is 1. The molecule has 1 aliphatic rings. The summed E-state index contributed by atoms with van der Waals surface area (Å²) in [6, 6.07) is 15.9. The second-order valence-corrected chi connectivity index (χ2v) is 11.0. The molecule has 2 aromatic carbocycles. The molecule has 1 aliphatic heterocycles. The van der Waals surface area contributed by atoms with E-state index in [0.717, 1.165) is 43.7 Å². The highest BCUT2D eigenvalue weighted by Gasteiger charge is 2.18. The third kappa shape index (κ3) is 8.51. The van der Waals surface area contributed by atoms with Crippen LogP contribution < -0.4 is 16.0 Å². The molecule has 2 amide bonds. The first kappa shape index (κ1) is 28.5. The van der Waals surface area contributed by atoms with Crippen LogP contribution in [0.1, 0.15) is 49.5 Å². The summed E-state index contributed by atoms with van der Waals surface area (Å²) >= 11 is 6.57. The molecule has 0 spiro atoms. The number of benzene rings is 2. The number of nitrogens with zero attached hydrogens (tertiary/aromatic N) is 1. The fourth-order valence-electron chi connectivity index (χ4n) is 4.25. The Morgan fingerprint density at radius 1 is 1.03 bits per heavy atom. The molecule has 0 bridgehead atoms. The van der Waals surface area contributed by atoms with Gasteiger partial charge in [0.1, 0.15) is 5.60 Å². The van der Waals surface area contributed by atoms with Gasteiger partial charge in [-0.1, -0.05) is 35.9 Å². The van der Waals surface area contributed by atoms with Crippen molar-refractivity contribution in [1.82, 2.24) is 10.3 Å². The normalized spacial score (nSPS) is 14.1. The molecular formula is C30H35ClN4O4. The van der Waals surface area contributed by atoms with Gasteiger partial charge in [0.2, 0.25) is 0 Å². The zero-order valence-electron chi connectivity index (χ0n) is 22.6. The quantitative estimate of drug-likeness (QED) is 0.295. The molecule has 1 fully saturated rings. The number of amides is 2. The van der Waals surface area contributed by atoms with Gasteiger partial charge < -0.3 is 20.1 Å². The van der Waals surface area contributed by atoms with Crippen LogP contribution in [0.5, 0.6) is 0 Å². The van der Waals surface area contributed by atoms with Gasteiger partial charge in [-0.25, -0.2) is 4.79 Å². The van der Waals surface area contributed by atoms with Gasteiger partial charge in [-0.05, 0) is 82.0 Å². The van der Waals surface area contributed by atoms with Crippen LogP contribution in [0.25, 0.3) is 11.3 Å². The summed E-state index contributed by atoms with van der Waals surface area (Å²) in [7, 11) is 0. The second-order valence-electron chi connectivity index (χ2n) is 10.6. The lowest BCUT2D eigenvalue weighted by Gasteiger charge is -2.22. The van der Waals surface area contributed by atoms with Crippen molar-refractivity contribution in [2.45, 2.75) is 45.8 Å². The van der Waals surface area contributed by atoms with E-state index in [-0.39, 0.29) is 5.91 Å². The zero-order chi connectivity index (χ0) is 27.8. The average Bonchev–Trinajstić information content (AvgIpc) is 2.89. The predicted octanol–water partition coefficient (Wildman–Crippen LogP) is 6.52. The Hall–Kier alpha value is -3.46. The number of ether oxygens (including phenoxy) is 2. The maximum Gasteiger partial charge on any atom is 0.412 e. The summed E-state index contributed by atoms with van der Waals surface area (Å²) in [6.45, 7) is 8.69. The van der Waals surface area contributed by atoms with Crippen LogP contribution in [0.2, 0.25) is 5.02 Å². The van der Waals surface area contributed by atoms with Crippen molar-refractivity contribution in [2.24, 2.45) is 5.92 Å². The molecule has 39 heavy (non-hydrogen) atoms. The van der Waals surface area contributed by atoms with Crippen molar-refractivity contribution in [3.05, 3.63) is 76.9 Å². The van der Waals surface area contributed by atoms with E-state index >= 15 is 0 Å². The first-order valence-electron chi connectivity index (χ1n) is 13.1. The molecule has 1 saturated heterocycles. The monoisotopic (exact) mass is 550 g/mol. The van der Waals surface area contributed by atoms with Gasteiger partial charge in [-0.15, -0.1) is 0 Å². The Bertz CT molecular complexity index is 1280. The lowest BCUT2D eigenvalue weighted by Crippen LogP contribution is -2.27. The summed E-state index contributed by atoms with van der Waals surface area (Å²) in [5.41, 5.74) is 3.21. The van der Waals surface area contributed by atoms with Gasteiger partial charge >= 0.3 is 6.09 Å². The molecule has 0 saturated carbocycles. The van der Waals surface area contributed by atoms with Gasteiger partial charge in [0.15, 0.2) is 0 Å². The Morgan fingerprint density at radius 3 is 2.33 bits per heavy atom. The van der Waals surface area contributed by atoms with Crippen molar-refractivity contribution in [2.75, 3.05) is 30.4 Å². The minimum atomic E-state index is -0.635. The smallest absolute Gasteiger partial charge is 0.412 e. The molecule has 0 aliphatic carbocycles. The number of hydrogen-bond donors (Lipinski definition) is 3. The summed E-state index contributed by atoms with van der Waals surface area (Å²) in [5, 5.41) is 9.59. The van der Waals surface area contributed by atoms with E-state index < -0.39 is 11.7 Å². The molecule has 0 unspecified atom stereocenters. The minimum Gasteiger partial charge on any atom is -0.444 e. The van der Waals surface area contributed by atoms with Gasteiger partial charge in [-0.2, -0.15) is 0 Å². The van der Waals surface area contributed by atoms with Crippen LogP contribution in [-0.2, 0) is 16.0 Å². The standard InChI is InChI=1S/C30H35ClN4O4/c1-30(2,3)39-29(37)35-26-7-5-4-6-25(26)34-28(36)23-10-8-22(9-11-23)27-24(31)16-21(19-33-27)18-32-17-20-12-14-38-15-13-20/h4-11,16,19-20,32H,12-15,17-18H2,1-3H3,(H,34,36)(H,35,37). The van der Waals surface area contributed by atoms with Gasteiger partial charge in [0, 0.05) is 37.1 Å². The van der Waals surface area contributed by atoms with Crippen LogP contribution in [0, 0.1) is 5.92 Å². The molecule has 3 N–H and O–H groups in total. The number of aromatic nitrogens is 1. The third-order valence-corrected chi connectivity index (χ3v) is 6.52. The van der Waals surface area contributed by atoms with E-state index in [1.807, 2.05) is 24.4 Å². The number of carbonyl (C=O) groups is 2. The maximum absolute atomic E-state index is 12.9. The summed E-state index contributed by atoms with van der Waals surface area (Å²) < 4.78 is 10.7. The van der Waals surface area contributed by atoms with E-state index in [1.165, 1.54) is 0 Å². The molecule has 8 nitrogen and oxygen atoms in total. The van der Waals surface area contributed by atoms with Crippen LogP contribution >= 0.6 is 11.6 Å². The van der Waals surface area contributed by atoms with Crippen molar-refractivity contribution in [3.8, 4) is 11.3 Å². The lowest BCUT2D eigenvalue weighted by atomic mass is 10.0. The van der Waals surface area contributed by atoms with Crippen LogP contribution in [-0.4, -0.2) is 42.3 Å². The Labute approximate surface area is 234 Å². The lowest BCUT2D eigenvalue weighted by molar-refractivity contribution is 0.0635. The molecule has 0 radical (unpaired) electrons. The molecule has 9 heteroatoms. The highest BCUT2D eigenvalue weighted by molar-refractivity contribution is 6.33. The van der Waals surface area contributed by atoms with Crippen LogP contribution in [0.15, 0.2) is 60.8 Å². The summed E-state index contributed by atoms with van der Waals surface area (Å²) in [6.07, 6.45) is 3.41. The molecule has 206 valence electrons. The molecule has 2 heterocycles. The van der Waals surface area contributed by atoms with E-state index in [9.17, 15) is 9.59 Å². The van der Waals surface area contributed by atoms with Crippen LogP contribution in [0.4, 0.5) is 16.2 Å². The SMILES string of the molecule is CC(C)(C)OC(=O)Nc1ccccc1NC(=O)c1ccc(-c2ncc(CNCC3CCOCC3)cc2Cl)cc1. The van der Waals surface area contributed by atoms with E-state index in [2.05, 4.69) is 20.9 Å². The van der Waals surface area contributed by atoms with Crippen molar-refractivity contribution < 1.29 is 19.1 Å². The highest BCUT2D eigenvalue weighted by Crippen LogP contribution is 2.28. The Morgan fingerprint density at radius 2 is 1.69 bits per heavy atom. The van der Waals surface area contributed by atoms with E-state index in [0.29, 0.717) is 40.1 Å². The first-order valence-corrected chi connectivity index (χ1v) is 13.5. The van der Waals surface area contributed by atoms with Gasteiger partial charge in [0.05, 0.1) is 22.1 Å². The van der Waals surface area contributed by atoms with E-state index in [4.69, 9.17) is 21.1 Å². The van der Waals surface area contributed by atoms with Gasteiger partial charge in [-0.3, -0.25) is 15.1 Å². The van der Waals surface area contributed by atoms with Crippen LogP contribution in [0.3, 0.4) is 0 Å². The molecule has 3 aromatic rings. The Balaban J connectivity index is 1.36. The molecule has 0 atom stereocenters. The highest BCUT2D eigenvalue weighted by atomic mass is 35.5. The fourth-order valence-corrected chi connectivity index (χ4v) is 4.54. The molecule has 4 rings (SSSR count).